The summed E-state index contributed by atoms with van der Waals surface area (Å²) < 4.78 is 5.00. The van der Waals surface area contributed by atoms with E-state index in [4.69, 9.17) is 14.6 Å². The summed E-state index contributed by atoms with van der Waals surface area (Å²) in [5, 5.41) is 19.4. The SMILES string of the molecule is Cc1nc(C)c(C(=O)N[C@@H](CC(=O)O)C(=O)O)o1. The number of carboxylic acids is 2. The molecule has 0 unspecified atom stereocenters. The number of carboxylic acid groups (broad SMARTS) is 2. The molecule has 0 aliphatic carbocycles. The summed E-state index contributed by atoms with van der Waals surface area (Å²) in [5.74, 6) is -3.42. The van der Waals surface area contributed by atoms with Crippen LogP contribution < -0.4 is 5.32 Å². The van der Waals surface area contributed by atoms with E-state index in [1.165, 1.54) is 13.8 Å². The van der Waals surface area contributed by atoms with Crippen LogP contribution in [0.25, 0.3) is 0 Å². The van der Waals surface area contributed by atoms with Gasteiger partial charge in [0.15, 0.2) is 5.89 Å². The van der Waals surface area contributed by atoms with E-state index in [0.717, 1.165) is 0 Å². The molecule has 0 saturated heterocycles. The summed E-state index contributed by atoms with van der Waals surface area (Å²) in [7, 11) is 0. The van der Waals surface area contributed by atoms with Crippen LogP contribution in [0.3, 0.4) is 0 Å². The molecule has 1 atom stereocenters. The first-order chi connectivity index (χ1) is 8.31. The first-order valence-electron chi connectivity index (χ1n) is 5.00. The first-order valence-corrected chi connectivity index (χ1v) is 5.00. The average molecular weight is 256 g/mol. The molecule has 8 nitrogen and oxygen atoms in total. The number of rotatable bonds is 5. The van der Waals surface area contributed by atoms with Crippen molar-refractivity contribution in [3.8, 4) is 0 Å². The summed E-state index contributed by atoms with van der Waals surface area (Å²) in [6.45, 7) is 3.06. The van der Waals surface area contributed by atoms with Gasteiger partial charge in [0.1, 0.15) is 6.04 Å². The molecule has 98 valence electrons. The van der Waals surface area contributed by atoms with Crippen molar-refractivity contribution in [3.05, 3.63) is 17.3 Å². The van der Waals surface area contributed by atoms with Crippen molar-refractivity contribution in [2.75, 3.05) is 0 Å². The number of carbonyl (C=O) groups excluding carboxylic acids is 1. The summed E-state index contributed by atoms with van der Waals surface area (Å²) in [6.07, 6.45) is -0.715. The third-order valence-electron chi connectivity index (χ3n) is 2.09. The minimum Gasteiger partial charge on any atom is -0.481 e. The second-order valence-electron chi connectivity index (χ2n) is 3.61. The van der Waals surface area contributed by atoms with Crippen molar-refractivity contribution in [2.24, 2.45) is 0 Å². The molecule has 18 heavy (non-hydrogen) atoms. The topological polar surface area (TPSA) is 130 Å². The quantitative estimate of drug-likeness (QED) is 0.673. The standard InChI is InChI=1S/C10H12N2O6/c1-4-8(18-5(2)11-4)9(15)12-6(10(16)17)3-7(13)14/h6H,3H2,1-2H3,(H,12,15)(H,13,14)(H,16,17)/t6-/m0/s1. The van der Waals surface area contributed by atoms with Gasteiger partial charge in [-0.15, -0.1) is 0 Å². The van der Waals surface area contributed by atoms with Crippen molar-refractivity contribution in [2.45, 2.75) is 26.3 Å². The van der Waals surface area contributed by atoms with Gasteiger partial charge in [0.2, 0.25) is 5.76 Å². The van der Waals surface area contributed by atoms with E-state index >= 15 is 0 Å². The fourth-order valence-corrected chi connectivity index (χ4v) is 1.34. The van der Waals surface area contributed by atoms with Crippen LogP contribution in [0.15, 0.2) is 4.42 Å². The molecule has 3 N–H and O–H groups in total. The third kappa shape index (κ3) is 3.30. The Labute approximate surface area is 102 Å². The normalized spacial score (nSPS) is 11.9. The van der Waals surface area contributed by atoms with Crippen LogP contribution in [0.1, 0.15) is 28.6 Å². The Bertz CT molecular complexity index is 493. The van der Waals surface area contributed by atoms with Gasteiger partial charge in [-0.3, -0.25) is 9.59 Å². The van der Waals surface area contributed by atoms with Crippen LogP contribution >= 0.6 is 0 Å². The number of nitrogens with one attached hydrogen (secondary N) is 1. The minimum atomic E-state index is -1.51. The van der Waals surface area contributed by atoms with Gasteiger partial charge in [0.05, 0.1) is 12.1 Å². The molecule has 1 aromatic rings. The lowest BCUT2D eigenvalue weighted by atomic mass is 10.2. The van der Waals surface area contributed by atoms with E-state index in [-0.39, 0.29) is 11.7 Å². The highest BCUT2D eigenvalue weighted by atomic mass is 16.4. The van der Waals surface area contributed by atoms with Crippen molar-refractivity contribution in [3.63, 3.8) is 0 Å². The molecule has 1 heterocycles. The Morgan fingerprint density at radius 1 is 1.33 bits per heavy atom. The predicted octanol–water partition coefficient (Wildman–Crippen LogP) is -0.0509. The number of hydrogen-bond acceptors (Lipinski definition) is 5. The lowest BCUT2D eigenvalue weighted by molar-refractivity contribution is -0.145. The molecular weight excluding hydrogens is 244 g/mol. The molecule has 0 radical (unpaired) electrons. The molecule has 1 aromatic heterocycles. The first kappa shape index (κ1) is 13.7. The summed E-state index contributed by atoms with van der Waals surface area (Å²) in [5.41, 5.74) is 0.310. The maximum Gasteiger partial charge on any atom is 0.326 e. The van der Waals surface area contributed by atoms with Crippen LogP contribution in [-0.2, 0) is 9.59 Å². The number of nitrogens with zero attached hydrogens (tertiary/aromatic N) is 1. The van der Waals surface area contributed by atoms with Gasteiger partial charge >= 0.3 is 11.9 Å². The van der Waals surface area contributed by atoms with Crippen molar-refractivity contribution < 1.29 is 29.0 Å². The van der Waals surface area contributed by atoms with Gasteiger partial charge in [0.25, 0.3) is 5.91 Å². The Morgan fingerprint density at radius 3 is 2.33 bits per heavy atom. The number of carbonyl (C=O) groups is 3. The van der Waals surface area contributed by atoms with Gasteiger partial charge in [0, 0.05) is 6.92 Å². The molecule has 0 spiro atoms. The fraction of sp³-hybridized carbons (Fsp3) is 0.400. The van der Waals surface area contributed by atoms with Crippen LogP contribution in [-0.4, -0.2) is 39.1 Å². The minimum absolute atomic E-state index is 0.121. The van der Waals surface area contributed by atoms with Gasteiger partial charge in [-0.2, -0.15) is 0 Å². The van der Waals surface area contributed by atoms with Crippen LogP contribution in [0.4, 0.5) is 0 Å². The Balaban J connectivity index is 2.81. The summed E-state index contributed by atoms with van der Waals surface area (Å²) >= 11 is 0. The predicted molar refractivity (Wildman–Crippen MR) is 57.1 cm³/mol. The number of aliphatic carboxylic acids is 2. The molecule has 0 aliphatic heterocycles. The number of aryl methyl sites for hydroxylation is 2. The van der Waals surface area contributed by atoms with Gasteiger partial charge < -0.3 is 19.9 Å². The zero-order valence-electron chi connectivity index (χ0n) is 9.76. The van der Waals surface area contributed by atoms with Crippen molar-refractivity contribution in [1.82, 2.24) is 10.3 Å². The molecule has 0 bridgehead atoms. The zero-order chi connectivity index (χ0) is 13.9. The van der Waals surface area contributed by atoms with E-state index in [1.807, 2.05) is 0 Å². The highest BCUT2D eigenvalue weighted by molar-refractivity contribution is 5.95. The number of amides is 1. The van der Waals surface area contributed by atoms with Crippen molar-refractivity contribution in [1.29, 1.82) is 0 Å². The second kappa shape index (κ2) is 5.30. The molecule has 8 heteroatoms. The molecule has 0 fully saturated rings. The molecule has 1 amide bonds. The Kier molecular flexibility index (Phi) is 4.03. The molecule has 0 aromatic carbocycles. The summed E-state index contributed by atoms with van der Waals surface area (Å²) in [6, 6.07) is -1.51. The molecule has 0 aliphatic rings. The van der Waals surface area contributed by atoms with Crippen LogP contribution in [0.2, 0.25) is 0 Å². The van der Waals surface area contributed by atoms with Gasteiger partial charge in [-0.1, -0.05) is 0 Å². The number of hydrogen-bond donors (Lipinski definition) is 3. The smallest absolute Gasteiger partial charge is 0.326 e. The largest absolute Gasteiger partial charge is 0.481 e. The second-order valence-corrected chi connectivity index (χ2v) is 3.61. The maximum atomic E-state index is 11.7. The molecule has 1 rings (SSSR count). The van der Waals surface area contributed by atoms with Gasteiger partial charge in [-0.05, 0) is 6.92 Å². The van der Waals surface area contributed by atoms with E-state index in [9.17, 15) is 14.4 Å². The zero-order valence-corrected chi connectivity index (χ0v) is 9.76. The lowest BCUT2D eigenvalue weighted by Crippen LogP contribution is -2.42. The maximum absolute atomic E-state index is 11.7. The fourth-order valence-electron chi connectivity index (χ4n) is 1.34. The average Bonchev–Trinajstić information content (AvgIpc) is 2.56. The highest BCUT2D eigenvalue weighted by Crippen LogP contribution is 2.09. The monoisotopic (exact) mass is 256 g/mol. The lowest BCUT2D eigenvalue weighted by Gasteiger charge is -2.10. The Hall–Kier alpha value is -2.38. The van der Waals surface area contributed by atoms with E-state index < -0.39 is 30.3 Å². The van der Waals surface area contributed by atoms with Crippen LogP contribution in [0, 0.1) is 13.8 Å². The van der Waals surface area contributed by atoms with Gasteiger partial charge in [-0.25, -0.2) is 9.78 Å². The van der Waals surface area contributed by atoms with Crippen molar-refractivity contribution >= 4 is 17.8 Å². The number of oxazole rings is 1. The van der Waals surface area contributed by atoms with Crippen LogP contribution in [0.5, 0.6) is 0 Å². The number of aromatic nitrogens is 1. The summed E-state index contributed by atoms with van der Waals surface area (Å²) in [4.78, 5) is 36.7. The Morgan fingerprint density at radius 2 is 1.94 bits per heavy atom. The highest BCUT2D eigenvalue weighted by Gasteiger charge is 2.26. The van der Waals surface area contributed by atoms with E-state index in [0.29, 0.717) is 5.69 Å². The molecule has 0 saturated carbocycles. The van der Waals surface area contributed by atoms with E-state index in [2.05, 4.69) is 10.3 Å². The van der Waals surface area contributed by atoms with E-state index in [1.54, 1.807) is 0 Å². The third-order valence-corrected chi connectivity index (χ3v) is 2.09. The molecular formula is C10H12N2O6.